The molecule has 0 saturated carbocycles. The van der Waals surface area contributed by atoms with E-state index in [0.717, 1.165) is 63.6 Å². The fourth-order valence-electron chi connectivity index (χ4n) is 4.66. The summed E-state index contributed by atoms with van der Waals surface area (Å²) in [6, 6.07) is 23.7. The first-order chi connectivity index (χ1) is 19.1. The summed E-state index contributed by atoms with van der Waals surface area (Å²) in [7, 11) is 0. The molecule has 0 amide bonds. The molecule has 0 aliphatic heterocycles. The molecule has 2 aromatic carbocycles. The normalized spacial score (nSPS) is 10.9. The molecule has 6 nitrogen and oxygen atoms in total. The van der Waals surface area contributed by atoms with E-state index in [1.165, 1.54) is 11.3 Å². The van der Waals surface area contributed by atoms with Gasteiger partial charge in [0.15, 0.2) is 0 Å². The van der Waals surface area contributed by atoms with Crippen molar-refractivity contribution < 1.29 is 0 Å². The van der Waals surface area contributed by atoms with Crippen molar-refractivity contribution in [3.8, 4) is 27.9 Å². The predicted octanol–water partition coefficient (Wildman–Crippen LogP) is 6.59. The summed E-state index contributed by atoms with van der Waals surface area (Å²) >= 11 is 1.53. The van der Waals surface area contributed by atoms with Gasteiger partial charge in [-0.2, -0.15) is 5.26 Å². The topological polar surface area (TPSA) is 84.5 Å². The monoisotopic (exact) mass is 531 g/mol. The Bertz CT molecular complexity index is 1680. The van der Waals surface area contributed by atoms with Crippen molar-refractivity contribution in [1.82, 2.24) is 19.5 Å². The van der Waals surface area contributed by atoms with Gasteiger partial charge in [0, 0.05) is 23.6 Å². The van der Waals surface area contributed by atoms with Crippen LogP contribution < -0.4 is 5.56 Å². The van der Waals surface area contributed by atoms with E-state index < -0.39 is 0 Å². The van der Waals surface area contributed by atoms with E-state index in [4.69, 9.17) is 9.97 Å². The minimum Gasteiger partial charge on any atom is -0.291 e. The summed E-state index contributed by atoms with van der Waals surface area (Å²) in [5.74, 6) is 0.700. The van der Waals surface area contributed by atoms with Gasteiger partial charge in [-0.15, -0.1) is 11.3 Å². The van der Waals surface area contributed by atoms with Gasteiger partial charge in [-0.1, -0.05) is 61.9 Å². The van der Waals surface area contributed by atoms with Gasteiger partial charge in [0.05, 0.1) is 35.3 Å². The number of aromatic nitrogens is 4. The number of unbranched alkanes of at least 4 members (excludes halogenated alkanes) is 1. The molecule has 0 aliphatic carbocycles. The number of pyridine rings is 1. The lowest BCUT2D eigenvalue weighted by Crippen LogP contribution is -2.30. The second kappa shape index (κ2) is 12.0. The average molecular weight is 532 g/mol. The van der Waals surface area contributed by atoms with Crippen molar-refractivity contribution in [3.63, 3.8) is 0 Å². The number of hydrogen-bond acceptors (Lipinski definition) is 6. The fourth-order valence-corrected chi connectivity index (χ4v) is 5.44. The number of benzene rings is 2. The maximum Gasteiger partial charge on any atom is 0.257 e. The Balaban J connectivity index is 1.46. The van der Waals surface area contributed by atoms with Crippen LogP contribution in [0.4, 0.5) is 0 Å². The van der Waals surface area contributed by atoms with Crippen LogP contribution in [0.2, 0.25) is 0 Å². The molecule has 0 N–H and O–H groups in total. The first-order valence-corrected chi connectivity index (χ1v) is 14.0. The number of nitriles is 1. The fraction of sp³-hybridized carbons (Fsp3) is 0.219. The number of hydrogen-bond donors (Lipinski definition) is 0. The number of rotatable bonds is 9. The first-order valence-electron chi connectivity index (χ1n) is 13.1. The van der Waals surface area contributed by atoms with Crippen LogP contribution in [0, 0.1) is 18.3 Å². The van der Waals surface area contributed by atoms with E-state index in [2.05, 4.69) is 18.0 Å². The molecule has 0 saturated heterocycles. The minimum atomic E-state index is -0.0140. The molecule has 0 bridgehead atoms. The molecular weight excluding hydrogens is 502 g/mol. The second-order valence-electron chi connectivity index (χ2n) is 9.47. The summed E-state index contributed by atoms with van der Waals surface area (Å²) < 4.78 is 1.74. The van der Waals surface area contributed by atoms with Gasteiger partial charge in [0.2, 0.25) is 0 Å². The molecule has 39 heavy (non-hydrogen) atoms. The van der Waals surface area contributed by atoms with Crippen LogP contribution in [0.15, 0.2) is 83.1 Å². The van der Waals surface area contributed by atoms with E-state index in [1.807, 2.05) is 79.0 Å². The van der Waals surface area contributed by atoms with Gasteiger partial charge >= 0.3 is 0 Å². The molecule has 0 fully saturated rings. The van der Waals surface area contributed by atoms with Crippen LogP contribution in [0.3, 0.4) is 0 Å². The van der Waals surface area contributed by atoms with Gasteiger partial charge in [-0.25, -0.2) is 9.97 Å². The smallest absolute Gasteiger partial charge is 0.257 e. The van der Waals surface area contributed by atoms with Gasteiger partial charge in [-0.3, -0.25) is 14.3 Å². The Kier molecular flexibility index (Phi) is 8.04. The highest BCUT2D eigenvalue weighted by Crippen LogP contribution is 2.25. The lowest BCUT2D eigenvalue weighted by atomic mass is 9.97. The van der Waals surface area contributed by atoms with E-state index in [9.17, 15) is 10.1 Å². The second-order valence-corrected chi connectivity index (χ2v) is 10.3. The van der Waals surface area contributed by atoms with Crippen molar-refractivity contribution in [2.45, 2.75) is 46.1 Å². The van der Waals surface area contributed by atoms with Gasteiger partial charge < -0.3 is 0 Å². The molecule has 0 atom stereocenters. The van der Waals surface area contributed by atoms with Crippen molar-refractivity contribution >= 4 is 11.3 Å². The maximum atomic E-state index is 13.9. The Labute approximate surface area is 232 Å². The van der Waals surface area contributed by atoms with Crippen LogP contribution in [0.25, 0.3) is 21.8 Å². The standard InChI is InChI=1S/C32H29N5OS/c1-3-4-11-29-28(18-23-13-15-24(16-14-23)27-10-6-5-9-25(27)19-33)32(38)37(22(2)35-29)20-26-21-39-31(36-26)30-12-7-8-17-34-30/h5-10,12-17,21H,3-4,11,18,20H2,1-2H3. The molecule has 7 heteroatoms. The highest BCUT2D eigenvalue weighted by atomic mass is 32.1. The Morgan fingerprint density at radius 1 is 1.00 bits per heavy atom. The zero-order valence-corrected chi connectivity index (χ0v) is 22.9. The van der Waals surface area contributed by atoms with Crippen molar-refractivity contribution in [1.29, 1.82) is 5.26 Å². The zero-order valence-electron chi connectivity index (χ0n) is 22.1. The molecule has 0 aliphatic rings. The van der Waals surface area contributed by atoms with E-state index >= 15 is 0 Å². The zero-order chi connectivity index (χ0) is 27.2. The van der Waals surface area contributed by atoms with Crippen LogP contribution in [0.1, 0.15) is 53.7 Å². The van der Waals surface area contributed by atoms with E-state index in [-0.39, 0.29) is 5.56 Å². The third-order valence-electron chi connectivity index (χ3n) is 6.76. The SMILES string of the molecule is CCCCc1nc(C)n(Cc2csc(-c3ccccn3)n2)c(=O)c1Cc1ccc(-c2ccccc2C#N)cc1. The van der Waals surface area contributed by atoms with Crippen molar-refractivity contribution in [3.05, 3.63) is 123 Å². The van der Waals surface area contributed by atoms with Crippen LogP contribution in [-0.4, -0.2) is 19.5 Å². The van der Waals surface area contributed by atoms with Crippen LogP contribution in [0.5, 0.6) is 0 Å². The first kappa shape index (κ1) is 26.2. The largest absolute Gasteiger partial charge is 0.291 e. The molecule has 0 unspecified atom stereocenters. The predicted molar refractivity (Wildman–Crippen MR) is 156 cm³/mol. The maximum absolute atomic E-state index is 13.9. The Morgan fingerprint density at radius 3 is 2.54 bits per heavy atom. The highest BCUT2D eigenvalue weighted by molar-refractivity contribution is 7.13. The minimum absolute atomic E-state index is 0.0140. The summed E-state index contributed by atoms with van der Waals surface area (Å²) in [4.78, 5) is 27.9. The molecule has 3 heterocycles. The van der Waals surface area contributed by atoms with Crippen LogP contribution >= 0.6 is 11.3 Å². The number of aryl methyl sites for hydroxylation is 2. The molecule has 194 valence electrons. The molecule has 5 rings (SSSR count). The van der Waals surface area contributed by atoms with E-state index in [1.54, 1.807) is 10.8 Å². The summed E-state index contributed by atoms with van der Waals surface area (Å²) in [5, 5.41) is 12.3. The van der Waals surface area contributed by atoms with Gasteiger partial charge in [0.1, 0.15) is 10.8 Å². The molecular formula is C32H29N5OS. The van der Waals surface area contributed by atoms with Crippen LogP contribution in [-0.2, 0) is 19.4 Å². The lowest BCUT2D eigenvalue weighted by Gasteiger charge is -2.15. The van der Waals surface area contributed by atoms with E-state index in [0.29, 0.717) is 24.4 Å². The average Bonchev–Trinajstić information content (AvgIpc) is 3.45. The third kappa shape index (κ3) is 5.87. The quantitative estimate of drug-likeness (QED) is 0.214. The summed E-state index contributed by atoms with van der Waals surface area (Å²) in [6.45, 7) is 4.41. The molecule has 0 spiro atoms. The van der Waals surface area contributed by atoms with Crippen molar-refractivity contribution in [2.24, 2.45) is 0 Å². The number of thiazole rings is 1. The highest BCUT2D eigenvalue weighted by Gasteiger charge is 2.17. The van der Waals surface area contributed by atoms with Gasteiger partial charge in [-0.05, 0) is 54.7 Å². The Hall–Kier alpha value is -4.41. The molecule has 5 aromatic rings. The third-order valence-corrected chi connectivity index (χ3v) is 7.67. The molecule has 0 radical (unpaired) electrons. The van der Waals surface area contributed by atoms with Crippen molar-refractivity contribution in [2.75, 3.05) is 0 Å². The lowest BCUT2D eigenvalue weighted by molar-refractivity contribution is 0.655. The summed E-state index contributed by atoms with van der Waals surface area (Å²) in [5.41, 5.74) is 6.81. The molecule has 3 aromatic heterocycles. The van der Waals surface area contributed by atoms with Gasteiger partial charge in [0.25, 0.3) is 5.56 Å². The Morgan fingerprint density at radius 2 is 1.79 bits per heavy atom. The number of nitrogens with zero attached hydrogens (tertiary/aromatic N) is 5. The summed E-state index contributed by atoms with van der Waals surface area (Å²) in [6.07, 6.45) is 5.04.